The Bertz CT molecular complexity index is 17.1. The van der Waals surface area contributed by atoms with Gasteiger partial charge in [0.2, 0.25) is 0 Å². The number of hydrogen-bond acceptors (Lipinski definition) is 1. The topological polar surface area (TPSA) is 17.1 Å². The average molecular weight is 132 g/mol. The molecule has 0 atom stereocenters. The average Bonchev–Trinajstić information content (AvgIpc) is 0.918. The molecule has 0 aliphatic heterocycles. The zero-order valence-electron chi connectivity index (χ0n) is 2.99. The molecule has 0 rings (SSSR count). The predicted octanol–water partition coefficient (Wildman–Crippen LogP) is -3.26. The summed E-state index contributed by atoms with van der Waals surface area (Å²) < 4.78 is 0. The second kappa shape index (κ2) is 27.4. The van der Waals surface area contributed by atoms with Gasteiger partial charge in [0.05, 0.1) is 0 Å². The molecule has 0 heterocycles. The zero-order valence-corrected chi connectivity index (χ0v) is 4.58. The minimum absolute atomic E-state index is 0. The molecular formula is C2H3BeBrO. The quantitative estimate of drug-likeness (QED) is 0.250. The van der Waals surface area contributed by atoms with Gasteiger partial charge >= 0.3 is 10.1 Å². The summed E-state index contributed by atoms with van der Waals surface area (Å²) in [5.41, 5.74) is 0. The van der Waals surface area contributed by atoms with Crippen molar-refractivity contribution >= 4 is 16.4 Å². The normalized spacial score (nSPS) is 2.60. The number of halogens is 1. The predicted molar refractivity (Wildman–Crippen MR) is 17.1 cm³/mol. The standard InChI is InChI=1S/C2H3O.Be.BrH/c1-2-3;;/h1H3;;1H/q-1;+2;/p-1. The monoisotopic (exact) mass is 131 g/mol. The van der Waals surface area contributed by atoms with Crippen LogP contribution in [0.2, 0.25) is 0 Å². The Hall–Kier alpha value is 0.319. The van der Waals surface area contributed by atoms with Crippen molar-refractivity contribution in [2.45, 2.75) is 6.92 Å². The Morgan fingerprint density at radius 1 is 1.60 bits per heavy atom. The van der Waals surface area contributed by atoms with E-state index >= 15 is 0 Å². The molecule has 0 aliphatic rings. The van der Waals surface area contributed by atoms with E-state index in [0.717, 1.165) is 0 Å². The van der Waals surface area contributed by atoms with Gasteiger partial charge in [-0.15, -0.1) is 0 Å². The van der Waals surface area contributed by atoms with Crippen LogP contribution >= 0.6 is 0 Å². The Balaban J connectivity index is -0.0000000200. The molecule has 0 aliphatic carbocycles. The van der Waals surface area contributed by atoms with Gasteiger partial charge in [0, 0.05) is 0 Å². The molecule has 0 saturated carbocycles. The third-order valence-electron chi connectivity index (χ3n) is 0. The van der Waals surface area contributed by atoms with Crippen LogP contribution in [0.5, 0.6) is 0 Å². The van der Waals surface area contributed by atoms with Crippen LogP contribution in [0.1, 0.15) is 6.92 Å². The van der Waals surface area contributed by atoms with Crippen molar-refractivity contribution in [2.75, 3.05) is 0 Å². The molecular weight excluding hydrogens is 129 g/mol. The van der Waals surface area contributed by atoms with Gasteiger partial charge in [0.1, 0.15) is 0 Å². The van der Waals surface area contributed by atoms with E-state index in [-0.39, 0.29) is 27.1 Å². The molecule has 5 heavy (non-hydrogen) atoms. The van der Waals surface area contributed by atoms with E-state index < -0.39 is 0 Å². The molecule has 0 saturated heterocycles. The fraction of sp³-hybridized carbons (Fsp3) is 0.500. The van der Waals surface area contributed by atoms with E-state index in [9.17, 15) is 0 Å². The van der Waals surface area contributed by atoms with Crippen molar-refractivity contribution in [1.29, 1.82) is 0 Å². The molecule has 0 aromatic rings. The van der Waals surface area contributed by atoms with Gasteiger partial charge in [0.15, 0.2) is 0 Å². The first kappa shape index (κ1) is 18.5. The van der Waals surface area contributed by atoms with Crippen molar-refractivity contribution in [2.24, 2.45) is 0 Å². The van der Waals surface area contributed by atoms with Crippen molar-refractivity contribution in [3.63, 3.8) is 0 Å². The maximum atomic E-state index is 8.68. The first-order chi connectivity index (χ1) is 1.41. The van der Waals surface area contributed by atoms with Crippen LogP contribution in [-0.4, -0.2) is 16.4 Å². The smallest absolute Gasteiger partial charge is 1.00 e. The first-order valence-electron chi connectivity index (χ1n) is 0.704. The molecule has 0 fully saturated rings. The van der Waals surface area contributed by atoms with E-state index in [1.807, 2.05) is 0 Å². The maximum Gasteiger partial charge on any atom is 2.00 e. The van der Waals surface area contributed by atoms with E-state index in [1.54, 1.807) is 0 Å². The van der Waals surface area contributed by atoms with E-state index in [0.29, 0.717) is 0 Å². The summed E-state index contributed by atoms with van der Waals surface area (Å²) in [6.07, 6.45) is 1.50. The molecule has 26 valence electrons. The number of carbonyl (C=O) groups excluding carboxylic acids is 1. The first-order valence-corrected chi connectivity index (χ1v) is 0.704. The van der Waals surface area contributed by atoms with Crippen molar-refractivity contribution in [1.82, 2.24) is 0 Å². The summed E-state index contributed by atoms with van der Waals surface area (Å²) in [5, 5.41) is 0. The van der Waals surface area contributed by atoms with Gasteiger partial charge in [-0.2, -0.15) is 6.92 Å². The second-order valence-electron chi connectivity index (χ2n) is 0.204. The molecule has 0 radical (unpaired) electrons. The SMILES string of the molecule is C[C-]=O.[Be+2].[Br-]. The van der Waals surface area contributed by atoms with Gasteiger partial charge in [-0.3, -0.25) is 6.29 Å². The molecule has 0 N–H and O–H groups in total. The van der Waals surface area contributed by atoms with Crippen molar-refractivity contribution in [3.8, 4) is 0 Å². The molecule has 1 nitrogen and oxygen atoms in total. The largest absolute Gasteiger partial charge is 2.00 e. The Labute approximate surface area is 45.7 Å². The molecule has 0 amide bonds. The zero-order chi connectivity index (χ0) is 2.71. The Kier molecular flexibility index (Phi) is 101. The van der Waals surface area contributed by atoms with Gasteiger partial charge < -0.3 is 21.8 Å². The molecule has 0 aromatic heterocycles. The molecule has 0 unspecified atom stereocenters. The Morgan fingerprint density at radius 3 is 1.60 bits per heavy atom. The van der Waals surface area contributed by atoms with Crippen LogP contribution in [0, 0.1) is 0 Å². The van der Waals surface area contributed by atoms with E-state index in [2.05, 4.69) is 0 Å². The Morgan fingerprint density at radius 2 is 1.60 bits per heavy atom. The summed E-state index contributed by atoms with van der Waals surface area (Å²) in [7, 11) is 0. The summed E-state index contributed by atoms with van der Waals surface area (Å²) in [4.78, 5) is 8.68. The van der Waals surface area contributed by atoms with Gasteiger partial charge in [-0.05, 0) is 0 Å². The van der Waals surface area contributed by atoms with Crippen LogP contribution in [-0.2, 0) is 4.79 Å². The molecule has 0 aromatic carbocycles. The van der Waals surface area contributed by atoms with E-state index in [4.69, 9.17) is 4.79 Å². The number of rotatable bonds is 0. The number of hydrogen-bond donors (Lipinski definition) is 0. The van der Waals surface area contributed by atoms with Gasteiger partial charge in [-0.1, -0.05) is 0 Å². The van der Waals surface area contributed by atoms with Crippen LogP contribution in [0.3, 0.4) is 0 Å². The van der Waals surface area contributed by atoms with Crippen molar-refractivity contribution < 1.29 is 21.8 Å². The fourth-order valence-electron chi connectivity index (χ4n) is 0. The van der Waals surface area contributed by atoms with Crippen LogP contribution in [0.4, 0.5) is 0 Å². The maximum absolute atomic E-state index is 8.68. The summed E-state index contributed by atoms with van der Waals surface area (Å²) in [6.45, 7) is 1.32. The van der Waals surface area contributed by atoms with Crippen molar-refractivity contribution in [3.05, 3.63) is 0 Å². The third-order valence-corrected chi connectivity index (χ3v) is 0. The third kappa shape index (κ3) is 228. The summed E-state index contributed by atoms with van der Waals surface area (Å²) in [6, 6.07) is 0. The van der Waals surface area contributed by atoms with Gasteiger partial charge in [-0.25, -0.2) is 0 Å². The summed E-state index contributed by atoms with van der Waals surface area (Å²) in [5.74, 6) is 0. The molecule has 3 heteroatoms. The minimum atomic E-state index is 0. The van der Waals surface area contributed by atoms with Crippen LogP contribution in [0.25, 0.3) is 0 Å². The van der Waals surface area contributed by atoms with E-state index in [1.165, 1.54) is 13.2 Å². The minimum Gasteiger partial charge on any atom is -1.00 e. The molecule has 0 spiro atoms. The van der Waals surface area contributed by atoms with Gasteiger partial charge in [0.25, 0.3) is 0 Å². The van der Waals surface area contributed by atoms with Crippen LogP contribution in [0.15, 0.2) is 0 Å². The second-order valence-corrected chi connectivity index (χ2v) is 0.204. The summed E-state index contributed by atoms with van der Waals surface area (Å²) >= 11 is 0. The molecule has 0 bridgehead atoms. The van der Waals surface area contributed by atoms with Crippen LogP contribution < -0.4 is 17.0 Å². The fourth-order valence-corrected chi connectivity index (χ4v) is 0.